The Morgan fingerprint density at radius 1 is 1.19 bits per heavy atom. The summed E-state index contributed by atoms with van der Waals surface area (Å²) < 4.78 is 26.7. The lowest BCUT2D eigenvalue weighted by Crippen LogP contribution is -2.36. The minimum absolute atomic E-state index is 0.0868. The first-order chi connectivity index (χ1) is 17.6. The van der Waals surface area contributed by atoms with Crippen molar-refractivity contribution in [3.63, 3.8) is 0 Å². The number of rotatable bonds is 6. The van der Waals surface area contributed by atoms with E-state index in [-0.39, 0.29) is 11.8 Å². The van der Waals surface area contributed by atoms with Gasteiger partial charge in [-0.05, 0) is 50.3 Å². The van der Waals surface area contributed by atoms with E-state index in [9.17, 15) is 0 Å². The largest absolute Gasteiger partial charge is 0.421 e. The van der Waals surface area contributed by atoms with E-state index in [0.717, 1.165) is 36.3 Å². The van der Waals surface area contributed by atoms with Crippen LogP contribution in [0.4, 0.5) is 16.0 Å². The molecule has 1 unspecified atom stereocenters. The molecule has 1 N–H and O–H groups in total. The highest BCUT2D eigenvalue weighted by Gasteiger charge is 2.32. The van der Waals surface area contributed by atoms with Crippen LogP contribution in [-0.4, -0.2) is 59.2 Å². The Balaban J connectivity index is 1.36. The number of halogens is 1. The number of ether oxygens (including phenoxy) is 2. The standard InChI is InChI=1S/C27H31FN6O2/c1-3-17-15-29-21(18-4-5-18)13-22(17)31-24-14-25(34-8-10-35-11-9-34)33-27(32-24)36-23-7-6-20-19(26(23)28)12-16(2)30-20/h6-7,12,14,17-18,30H,3-5,8-11,13,15H2,1-2H3. The number of fused-ring (bicyclic) bond motifs is 1. The summed E-state index contributed by atoms with van der Waals surface area (Å²) >= 11 is 0. The number of hydrogen-bond donors (Lipinski definition) is 1. The van der Waals surface area contributed by atoms with Crippen molar-refractivity contribution >= 4 is 34.0 Å². The predicted molar refractivity (Wildman–Crippen MR) is 139 cm³/mol. The third kappa shape index (κ3) is 4.72. The quantitative estimate of drug-likeness (QED) is 0.501. The molecule has 6 rings (SSSR count). The third-order valence-corrected chi connectivity index (χ3v) is 7.20. The summed E-state index contributed by atoms with van der Waals surface area (Å²) in [6, 6.07) is 7.17. The molecule has 0 bridgehead atoms. The molecule has 8 nitrogen and oxygen atoms in total. The van der Waals surface area contributed by atoms with E-state index in [0.29, 0.717) is 55.2 Å². The first-order valence-electron chi connectivity index (χ1n) is 12.9. The Morgan fingerprint density at radius 3 is 2.81 bits per heavy atom. The number of aliphatic imine (C=N–C) groups is 2. The fourth-order valence-electron chi connectivity index (χ4n) is 4.97. The number of morpholine rings is 1. The molecular formula is C27H31FN6O2. The monoisotopic (exact) mass is 490 g/mol. The van der Waals surface area contributed by atoms with Crippen molar-refractivity contribution in [3.05, 3.63) is 35.8 Å². The van der Waals surface area contributed by atoms with E-state index in [4.69, 9.17) is 19.5 Å². The summed E-state index contributed by atoms with van der Waals surface area (Å²) in [5.41, 5.74) is 4.00. The molecule has 0 amide bonds. The van der Waals surface area contributed by atoms with Gasteiger partial charge in [0.15, 0.2) is 17.4 Å². The lowest BCUT2D eigenvalue weighted by Gasteiger charge is -2.28. The Labute approximate surface area is 209 Å². The zero-order valence-electron chi connectivity index (χ0n) is 20.8. The molecule has 4 heterocycles. The number of H-pyrrole nitrogens is 1. The van der Waals surface area contributed by atoms with Gasteiger partial charge >= 0.3 is 6.01 Å². The highest BCUT2D eigenvalue weighted by molar-refractivity contribution is 6.09. The Bertz CT molecular complexity index is 1340. The van der Waals surface area contributed by atoms with Gasteiger partial charge in [0.1, 0.15) is 5.82 Å². The van der Waals surface area contributed by atoms with Crippen molar-refractivity contribution in [2.24, 2.45) is 21.8 Å². The highest BCUT2D eigenvalue weighted by Crippen LogP contribution is 2.36. The van der Waals surface area contributed by atoms with Crippen molar-refractivity contribution in [3.8, 4) is 11.8 Å². The van der Waals surface area contributed by atoms with Gasteiger partial charge in [0.2, 0.25) is 0 Å². The Morgan fingerprint density at radius 2 is 2.03 bits per heavy atom. The van der Waals surface area contributed by atoms with Gasteiger partial charge in [0.05, 0.1) is 13.2 Å². The topological polar surface area (TPSA) is 88.0 Å². The molecule has 0 radical (unpaired) electrons. The molecule has 2 fully saturated rings. The number of nitrogens with zero attached hydrogens (tertiary/aromatic N) is 5. The summed E-state index contributed by atoms with van der Waals surface area (Å²) in [6.45, 7) is 7.54. The molecule has 2 aliphatic heterocycles. The molecule has 9 heteroatoms. The van der Waals surface area contributed by atoms with Crippen molar-refractivity contribution in [2.75, 3.05) is 37.7 Å². The number of aromatic nitrogens is 3. The molecule has 1 saturated heterocycles. The molecule has 2 aromatic heterocycles. The van der Waals surface area contributed by atoms with Crippen LogP contribution in [0.25, 0.3) is 10.9 Å². The number of nitrogens with one attached hydrogen (secondary N) is 1. The molecule has 1 aliphatic carbocycles. The number of anilines is 1. The second kappa shape index (κ2) is 9.61. The summed E-state index contributed by atoms with van der Waals surface area (Å²) in [6.07, 6.45) is 4.24. The van der Waals surface area contributed by atoms with Gasteiger partial charge in [-0.2, -0.15) is 9.97 Å². The van der Waals surface area contributed by atoms with Crippen molar-refractivity contribution in [1.29, 1.82) is 0 Å². The van der Waals surface area contributed by atoms with E-state index in [1.54, 1.807) is 18.2 Å². The van der Waals surface area contributed by atoms with Crippen LogP contribution in [0, 0.1) is 24.6 Å². The van der Waals surface area contributed by atoms with Crippen molar-refractivity contribution < 1.29 is 13.9 Å². The normalized spacial score (nSPS) is 21.8. The minimum atomic E-state index is -0.436. The predicted octanol–water partition coefficient (Wildman–Crippen LogP) is 5.39. The fraction of sp³-hybridized carbons (Fsp3) is 0.481. The number of hydrogen-bond acceptors (Lipinski definition) is 7. The molecule has 188 valence electrons. The number of benzene rings is 1. The second-order valence-electron chi connectivity index (χ2n) is 9.85. The van der Waals surface area contributed by atoms with Crippen LogP contribution in [0.2, 0.25) is 0 Å². The summed E-state index contributed by atoms with van der Waals surface area (Å²) in [5, 5.41) is 0.481. The lowest BCUT2D eigenvalue weighted by molar-refractivity contribution is 0.122. The van der Waals surface area contributed by atoms with Gasteiger partial charge in [-0.25, -0.2) is 9.38 Å². The van der Waals surface area contributed by atoms with E-state index < -0.39 is 5.82 Å². The van der Waals surface area contributed by atoms with Gasteiger partial charge < -0.3 is 19.4 Å². The van der Waals surface area contributed by atoms with Gasteiger partial charge in [0, 0.05) is 66.1 Å². The van der Waals surface area contributed by atoms with Crippen LogP contribution in [-0.2, 0) is 4.74 Å². The number of aromatic amines is 1. The molecule has 1 saturated carbocycles. The average molecular weight is 491 g/mol. The van der Waals surface area contributed by atoms with Crippen LogP contribution in [0.5, 0.6) is 11.8 Å². The average Bonchev–Trinajstić information content (AvgIpc) is 3.67. The maximum atomic E-state index is 15.2. The fourth-order valence-corrected chi connectivity index (χ4v) is 4.97. The summed E-state index contributed by atoms with van der Waals surface area (Å²) in [5.74, 6) is 1.82. The zero-order chi connectivity index (χ0) is 24.6. The Hall–Kier alpha value is -3.33. The van der Waals surface area contributed by atoms with E-state index in [1.165, 1.54) is 18.6 Å². The lowest BCUT2D eigenvalue weighted by atomic mass is 9.91. The summed E-state index contributed by atoms with van der Waals surface area (Å²) in [7, 11) is 0. The summed E-state index contributed by atoms with van der Waals surface area (Å²) in [4.78, 5) is 24.4. The first-order valence-corrected chi connectivity index (χ1v) is 12.9. The second-order valence-corrected chi connectivity index (χ2v) is 9.85. The van der Waals surface area contributed by atoms with Gasteiger partial charge in [0.25, 0.3) is 0 Å². The van der Waals surface area contributed by atoms with Crippen LogP contribution >= 0.6 is 0 Å². The molecule has 0 spiro atoms. The minimum Gasteiger partial charge on any atom is -0.421 e. The zero-order valence-corrected chi connectivity index (χ0v) is 20.8. The Kier molecular flexibility index (Phi) is 6.17. The highest BCUT2D eigenvalue weighted by atomic mass is 19.1. The van der Waals surface area contributed by atoms with Crippen LogP contribution in [0.15, 0.2) is 34.3 Å². The third-order valence-electron chi connectivity index (χ3n) is 7.20. The smallest absolute Gasteiger partial charge is 0.326 e. The van der Waals surface area contributed by atoms with Gasteiger partial charge in [-0.15, -0.1) is 0 Å². The maximum Gasteiger partial charge on any atom is 0.326 e. The maximum absolute atomic E-state index is 15.2. The van der Waals surface area contributed by atoms with E-state index >= 15 is 4.39 Å². The SMILES string of the molecule is CCC1CN=C(C2CC2)CC1=Nc1cc(N2CCOCC2)nc(Oc2ccc3[nH]c(C)cc3c2F)n1. The molecule has 3 aromatic rings. The van der Waals surface area contributed by atoms with E-state index in [1.807, 2.05) is 13.0 Å². The van der Waals surface area contributed by atoms with Crippen molar-refractivity contribution in [2.45, 2.75) is 39.5 Å². The first kappa shape index (κ1) is 23.1. The molecule has 3 aliphatic rings. The molecule has 1 aromatic carbocycles. The number of aryl methyl sites for hydroxylation is 1. The van der Waals surface area contributed by atoms with Crippen LogP contribution in [0.1, 0.15) is 38.3 Å². The van der Waals surface area contributed by atoms with Crippen LogP contribution in [0.3, 0.4) is 0 Å². The van der Waals surface area contributed by atoms with Crippen LogP contribution < -0.4 is 9.64 Å². The molecule has 36 heavy (non-hydrogen) atoms. The van der Waals surface area contributed by atoms with E-state index in [2.05, 4.69) is 26.8 Å². The van der Waals surface area contributed by atoms with Gasteiger partial charge in [-0.3, -0.25) is 4.99 Å². The van der Waals surface area contributed by atoms with Gasteiger partial charge in [-0.1, -0.05) is 6.92 Å². The van der Waals surface area contributed by atoms with Crippen molar-refractivity contribution in [1.82, 2.24) is 15.0 Å². The molecule has 1 atom stereocenters. The molecular weight excluding hydrogens is 459 g/mol.